The summed E-state index contributed by atoms with van der Waals surface area (Å²) in [5.74, 6) is -0.428. The van der Waals surface area contributed by atoms with Crippen LogP contribution in [-0.4, -0.2) is 45.0 Å². The monoisotopic (exact) mass is 521 g/mol. The summed E-state index contributed by atoms with van der Waals surface area (Å²) in [7, 11) is 0. The molecule has 3 N–H and O–H groups in total. The lowest BCUT2D eigenvalue weighted by atomic mass is 10.0. The van der Waals surface area contributed by atoms with Crippen LogP contribution in [-0.2, 0) is 6.54 Å². The van der Waals surface area contributed by atoms with Crippen LogP contribution in [0.5, 0.6) is 0 Å². The van der Waals surface area contributed by atoms with Crippen LogP contribution in [0.4, 0.5) is 4.79 Å². The second-order valence-corrected chi connectivity index (χ2v) is 9.12. The van der Waals surface area contributed by atoms with Gasteiger partial charge in [-0.15, -0.1) is 0 Å². The summed E-state index contributed by atoms with van der Waals surface area (Å²) in [6.07, 6.45) is 1.86. The fourth-order valence-corrected chi connectivity index (χ4v) is 4.51. The van der Waals surface area contributed by atoms with Crippen molar-refractivity contribution in [2.75, 3.05) is 13.1 Å². The molecule has 2 aromatic carbocycles. The van der Waals surface area contributed by atoms with E-state index in [-0.39, 0.29) is 12.2 Å². The largest absolute Gasteiger partial charge is 0.465 e. The summed E-state index contributed by atoms with van der Waals surface area (Å²) >= 11 is 18.7. The van der Waals surface area contributed by atoms with Crippen molar-refractivity contribution in [1.29, 1.82) is 0 Å². The number of carbonyl (C=O) groups is 2. The van der Waals surface area contributed by atoms with Crippen molar-refractivity contribution in [2.24, 2.45) is 0 Å². The number of rotatable bonds is 6. The minimum atomic E-state index is -1.22. The van der Waals surface area contributed by atoms with E-state index in [1.165, 1.54) is 4.68 Å². The molecule has 0 unspecified atom stereocenters. The number of carbonyl (C=O) groups excluding carboxylic acids is 1. The van der Waals surface area contributed by atoms with Crippen LogP contribution in [0.1, 0.15) is 35.3 Å². The fourth-order valence-electron chi connectivity index (χ4n) is 3.90. The molecule has 178 valence electrons. The lowest BCUT2D eigenvalue weighted by molar-refractivity contribution is 0.0743. The molecule has 0 atom stereocenters. The molecule has 0 bridgehead atoms. The van der Waals surface area contributed by atoms with Crippen LogP contribution in [0.15, 0.2) is 42.5 Å². The van der Waals surface area contributed by atoms with Crippen molar-refractivity contribution in [1.82, 2.24) is 25.5 Å². The minimum absolute atomic E-state index is 0.0929. The maximum Gasteiger partial charge on any atom is 0.404 e. The topological polar surface area (TPSA) is 99.5 Å². The SMILES string of the molecule is O=C(O)NCc1c(C(=O)NN2CCCCC2)nn(-c2ccc(Cl)cc2Cl)c1-c1ccc(Cl)cc1. The molecule has 0 spiro atoms. The van der Waals surface area contributed by atoms with Crippen LogP contribution in [0.25, 0.3) is 16.9 Å². The van der Waals surface area contributed by atoms with Gasteiger partial charge in [-0.25, -0.2) is 14.5 Å². The van der Waals surface area contributed by atoms with Gasteiger partial charge in [0.1, 0.15) is 0 Å². The molecule has 1 saturated heterocycles. The van der Waals surface area contributed by atoms with Crippen LogP contribution in [0, 0.1) is 0 Å². The average Bonchev–Trinajstić information content (AvgIpc) is 3.18. The summed E-state index contributed by atoms with van der Waals surface area (Å²) in [4.78, 5) is 24.7. The average molecular weight is 523 g/mol. The van der Waals surface area contributed by atoms with Crippen molar-refractivity contribution in [3.8, 4) is 16.9 Å². The van der Waals surface area contributed by atoms with E-state index >= 15 is 0 Å². The van der Waals surface area contributed by atoms with E-state index < -0.39 is 12.0 Å². The van der Waals surface area contributed by atoms with Gasteiger partial charge in [-0.3, -0.25) is 10.2 Å². The van der Waals surface area contributed by atoms with Crippen molar-refractivity contribution in [3.63, 3.8) is 0 Å². The van der Waals surface area contributed by atoms with Gasteiger partial charge in [0.05, 0.1) is 22.9 Å². The molecule has 34 heavy (non-hydrogen) atoms. The number of aromatic nitrogens is 2. The first kappa shape index (κ1) is 24.3. The summed E-state index contributed by atoms with van der Waals surface area (Å²) in [6, 6.07) is 11.9. The van der Waals surface area contributed by atoms with Crippen LogP contribution in [0.2, 0.25) is 15.1 Å². The molecular weight excluding hydrogens is 501 g/mol. The van der Waals surface area contributed by atoms with E-state index in [1.54, 1.807) is 42.5 Å². The molecule has 0 saturated carbocycles. The first-order chi connectivity index (χ1) is 16.3. The Balaban J connectivity index is 1.88. The lowest BCUT2D eigenvalue weighted by Gasteiger charge is -2.26. The Labute approximate surface area is 211 Å². The van der Waals surface area contributed by atoms with E-state index in [1.807, 2.05) is 5.01 Å². The van der Waals surface area contributed by atoms with Crippen molar-refractivity contribution < 1.29 is 14.7 Å². The Morgan fingerprint density at radius 3 is 2.29 bits per heavy atom. The first-order valence-corrected chi connectivity index (χ1v) is 11.8. The number of hydrogen-bond donors (Lipinski definition) is 3. The fraction of sp³-hybridized carbons (Fsp3) is 0.261. The Bertz CT molecular complexity index is 1210. The predicted molar refractivity (Wildman–Crippen MR) is 132 cm³/mol. The number of amides is 2. The van der Waals surface area contributed by atoms with Gasteiger partial charge >= 0.3 is 6.09 Å². The van der Waals surface area contributed by atoms with Crippen molar-refractivity contribution >= 4 is 46.8 Å². The van der Waals surface area contributed by atoms with E-state index in [0.717, 1.165) is 32.4 Å². The zero-order valence-corrected chi connectivity index (χ0v) is 20.3. The normalized spacial score (nSPS) is 14.1. The number of benzene rings is 2. The smallest absolute Gasteiger partial charge is 0.404 e. The van der Waals surface area contributed by atoms with E-state index in [2.05, 4.69) is 15.8 Å². The zero-order chi connectivity index (χ0) is 24.2. The second-order valence-electron chi connectivity index (χ2n) is 7.84. The predicted octanol–water partition coefficient (Wildman–Crippen LogP) is 5.40. The number of halogens is 3. The third-order valence-corrected chi connectivity index (χ3v) is 6.28. The maximum absolute atomic E-state index is 13.3. The summed E-state index contributed by atoms with van der Waals surface area (Å²) in [5, 5.41) is 19.4. The standard InChI is InChI=1S/C23H22Cl3N5O3/c24-15-6-4-14(5-7-15)21-17(13-27-23(33)34)20(22(32)29-30-10-2-1-3-11-30)28-31(21)19-9-8-16(25)12-18(19)26/h4-9,12,27H,1-3,10-11,13H2,(H,29,32)(H,33,34). The highest BCUT2D eigenvalue weighted by Crippen LogP contribution is 2.33. The number of piperidine rings is 1. The van der Waals surface area contributed by atoms with Crippen LogP contribution in [0.3, 0.4) is 0 Å². The van der Waals surface area contributed by atoms with Gasteiger partial charge < -0.3 is 10.4 Å². The van der Waals surface area contributed by atoms with Gasteiger partial charge in [-0.1, -0.05) is 53.4 Å². The Hall–Kier alpha value is -2.78. The minimum Gasteiger partial charge on any atom is -0.465 e. The Morgan fingerprint density at radius 1 is 0.971 bits per heavy atom. The van der Waals surface area contributed by atoms with E-state index in [9.17, 15) is 14.7 Å². The summed E-state index contributed by atoms with van der Waals surface area (Å²) < 4.78 is 1.53. The molecule has 3 aromatic rings. The summed E-state index contributed by atoms with van der Waals surface area (Å²) in [6.45, 7) is 1.34. The molecule has 1 fully saturated rings. The quantitative estimate of drug-likeness (QED) is 0.403. The molecular formula is C23H22Cl3N5O3. The third kappa shape index (κ3) is 5.47. The maximum atomic E-state index is 13.3. The van der Waals surface area contributed by atoms with Crippen LogP contribution < -0.4 is 10.7 Å². The highest BCUT2D eigenvalue weighted by molar-refractivity contribution is 6.35. The summed E-state index contributed by atoms with van der Waals surface area (Å²) in [5.41, 5.74) is 5.09. The van der Waals surface area contributed by atoms with Crippen molar-refractivity contribution in [3.05, 3.63) is 68.8 Å². The van der Waals surface area contributed by atoms with Gasteiger partial charge in [0.25, 0.3) is 5.91 Å². The lowest BCUT2D eigenvalue weighted by Crippen LogP contribution is -2.45. The molecule has 0 radical (unpaired) electrons. The Kier molecular flexibility index (Phi) is 7.63. The first-order valence-electron chi connectivity index (χ1n) is 10.7. The van der Waals surface area contributed by atoms with Gasteiger partial charge in [-0.2, -0.15) is 5.10 Å². The van der Waals surface area contributed by atoms with E-state index in [4.69, 9.17) is 34.8 Å². The van der Waals surface area contributed by atoms with Gasteiger partial charge in [-0.05, 0) is 43.2 Å². The molecule has 1 aliphatic heterocycles. The third-order valence-electron chi connectivity index (χ3n) is 5.49. The van der Waals surface area contributed by atoms with Crippen LogP contribution >= 0.6 is 34.8 Å². The number of carboxylic acid groups (broad SMARTS) is 1. The molecule has 8 nitrogen and oxygen atoms in total. The highest BCUT2D eigenvalue weighted by Gasteiger charge is 2.27. The highest BCUT2D eigenvalue weighted by atomic mass is 35.5. The number of nitrogens with zero attached hydrogens (tertiary/aromatic N) is 3. The number of hydrogen-bond acceptors (Lipinski definition) is 4. The molecule has 1 aromatic heterocycles. The molecule has 4 rings (SSSR count). The molecule has 1 aliphatic rings. The second kappa shape index (κ2) is 10.7. The number of nitrogens with one attached hydrogen (secondary N) is 2. The molecule has 2 heterocycles. The van der Waals surface area contributed by atoms with Crippen molar-refractivity contribution in [2.45, 2.75) is 25.8 Å². The Morgan fingerprint density at radius 2 is 1.65 bits per heavy atom. The van der Waals surface area contributed by atoms with Gasteiger partial charge in [0.2, 0.25) is 0 Å². The zero-order valence-electron chi connectivity index (χ0n) is 18.0. The molecule has 11 heteroatoms. The van der Waals surface area contributed by atoms with Gasteiger partial charge in [0.15, 0.2) is 5.69 Å². The van der Waals surface area contributed by atoms with Gasteiger partial charge in [0, 0.05) is 34.3 Å². The van der Waals surface area contributed by atoms with E-state index in [0.29, 0.717) is 37.6 Å². The molecule has 2 amide bonds. The molecule has 0 aliphatic carbocycles. The number of hydrazine groups is 1.